The molecule has 3 aromatic carbocycles. The molecule has 3 rings (SSSR count). The van der Waals surface area contributed by atoms with E-state index in [0.717, 1.165) is 32.0 Å². The molecule has 5 heteroatoms. The number of ether oxygens (including phenoxy) is 1. The van der Waals surface area contributed by atoms with Crippen molar-refractivity contribution in [3.8, 4) is 11.1 Å². The van der Waals surface area contributed by atoms with Gasteiger partial charge in [-0.2, -0.15) is 0 Å². The molecule has 0 heterocycles. The summed E-state index contributed by atoms with van der Waals surface area (Å²) >= 11 is 13.6. The third kappa shape index (κ3) is 4.54. The number of alkyl halides is 1. The lowest BCUT2D eigenvalue weighted by molar-refractivity contribution is 0.0597. The minimum Gasteiger partial charge on any atom is -0.465 e. The van der Waals surface area contributed by atoms with E-state index in [1.165, 1.54) is 18.9 Å². The maximum absolute atomic E-state index is 12.9. The van der Waals surface area contributed by atoms with Crippen LogP contribution in [0.3, 0.4) is 0 Å². The monoisotopic (exact) mass is 430 g/mol. The number of carbonyl (C=O) groups excluding carboxylic acids is 1. The van der Waals surface area contributed by atoms with Gasteiger partial charge in [0.1, 0.15) is 0 Å². The van der Waals surface area contributed by atoms with Crippen molar-refractivity contribution in [3.63, 3.8) is 0 Å². The van der Waals surface area contributed by atoms with Crippen molar-refractivity contribution < 1.29 is 9.53 Å². The minimum atomic E-state index is -0.355. The molecule has 28 heavy (non-hydrogen) atoms. The molecule has 144 valence electrons. The molecule has 0 aliphatic heterocycles. The zero-order valence-electron chi connectivity index (χ0n) is 15.7. The Morgan fingerprint density at radius 2 is 1.75 bits per heavy atom. The van der Waals surface area contributed by atoms with Crippen LogP contribution in [-0.2, 0) is 11.2 Å². The molecule has 0 aliphatic carbocycles. The van der Waals surface area contributed by atoms with Crippen molar-refractivity contribution in [1.29, 1.82) is 0 Å². The summed E-state index contributed by atoms with van der Waals surface area (Å²) in [6.45, 7) is 2.06. The summed E-state index contributed by atoms with van der Waals surface area (Å²) in [5, 5.41) is 0.677. The van der Waals surface area contributed by atoms with Crippen molar-refractivity contribution in [2.75, 3.05) is 13.0 Å². The molecule has 3 aromatic rings. The minimum absolute atomic E-state index is 0.355. The van der Waals surface area contributed by atoms with Crippen LogP contribution < -0.4 is 0 Å². The second-order valence-electron chi connectivity index (χ2n) is 6.27. The fraction of sp³-hybridized carbons (Fsp3) is 0.174. The number of rotatable bonds is 6. The molecule has 0 atom stereocenters. The first-order valence-corrected chi connectivity index (χ1v) is 10.6. The van der Waals surface area contributed by atoms with Gasteiger partial charge in [0.2, 0.25) is 0 Å². The van der Waals surface area contributed by atoms with Gasteiger partial charge in [-0.1, -0.05) is 53.7 Å². The van der Waals surface area contributed by atoms with Gasteiger partial charge in [-0.25, -0.2) is 4.79 Å². The normalized spacial score (nSPS) is 10.7. The van der Waals surface area contributed by atoms with E-state index in [1.54, 1.807) is 0 Å². The molecule has 0 unspecified atom stereocenters. The molecule has 0 spiro atoms. The van der Waals surface area contributed by atoms with Crippen LogP contribution in [-0.4, -0.2) is 19.0 Å². The lowest BCUT2D eigenvalue weighted by Crippen LogP contribution is -2.10. The van der Waals surface area contributed by atoms with Crippen LogP contribution in [0.2, 0.25) is 5.02 Å². The molecule has 2 nitrogen and oxygen atoms in total. The lowest BCUT2D eigenvalue weighted by atomic mass is 9.89. The smallest absolute Gasteiger partial charge is 0.339 e. The second-order valence-corrected chi connectivity index (χ2v) is 8.20. The van der Waals surface area contributed by atoms with Crippen LogP contribution >= 0.6 is 35.0 Å². The number of benzene rings is 3. The third-order valence-corrected chi connectivity index (χ3v) is 5.95. The second kappa shape index (κ2) is 9.51. The first-order valence-electron chi connectivity index (χ1n) is 8.84. The summed E-state index contributed by atoms with van der Waals surface area (Å²) < 4.78 is 5.16. The van der Waals surface area contributed by atoms with Gasteiger partial charge in [0.15, 0.2) is 0 Å². The average Bonchev–Trinajstić information content (AvgIpc) is 2.71. The van der Waals surface area contributed by atoms with Gasteiger partial charge < -0.3 is 4.74 Å². The summed E-state index contributed by atoms with van der Waals surface area (Å²) in [5.74, 6) is 0.122. The SMILES string of the molecule is COC(=O)c1c(Sc2ccc(Cl)cc2)cc(C)c(CCCl)c1-c1ccccc1. The quantitative estimate of drug-likeness (QED) is 0.309. The van der Waals surface area contributed by atoms with E-state index in [-0.39, 0.29) is 5.97 Å². The maximum atomic E-state index is 12.9. The third-order valence-electron chi connectivity index (χ3n) is 4.46. The number of hydrogen-bond acceptors (Lipinski definition) is 3. The van der Waals surface area contributed by atoms with E-state index in [2.05, 4.69) is 6.92 Å². The Balaban J connectivity index is 2.25. The van der Waals surface area contributed by atoms with Crippen LogP contribution in [0, 0.1) is 6.92 Å². The number of halogens is 2. The Hall–Kier alpha value is -1.94. The summed E-state index contributed by atoms with van der Waals surface area (Å²) in [7, 11) is 1.41. The molecular weight excluding hydrogens is 411 g/mol. The lowest BCUT2D eigenvalue weighted by Gasteiger charge is -2.20. The number of methoxy groups -OCH3 is 1. The highest BCUT2D eigenvalue weighted by Gasteiger charge is 2.24. The summed E-state index contributed by atoms with van der Waals surface area (Å²) in [6, 6.07) is 19.5. The van der Waals surface area contributed by atoms with Gasteiger partial charge in [-0.05, 0) is 60.4 Å². The summed E-state index contributed by atoms with van der Waals surface area (Å²) in [5.41, 5.74) is 4.61. The number of hydrogen-bond donors (Lipinski definition) is 0. The fourth-order valence-corrected chi connectivity index (χ4v) is 4.55. The first kappa shape index (κ1) is 20.8. The topological polar surface area (TPSA) is 26.3 Å². The van der Waals surface area contributed by atoms with Crippen molar-refractivity contribution >= 4 is 40.9 Å². The van der Waals surface area contributed by atoms with Gasteiger partial charge in [0.25, 0.3) is 0 Å². The standard InChI is InChI=1S/C23H20Cl2O2S/c1-15-14-20(28-18-10-8-17(25)9-11-18)22(23(26)27-2)21(19(15)12-13-24)16-6-4-3-5-7-16/h3-11,14H,12-13H2,1-2H3. The Morgan fingerprint density at radius 3 is 2.36 bits per heavy atom. The van der Waals surface area contributed by atoms with E-state index < -0.39 is 0 Å². The Labute approximate surface area is 179 Å². The van der Waals surface area contributed by atoms with Crippen molar-refractivity contribution in [2.45, 2.75) is 23.1 Å². The summed E-state index contributed by atoms with van der Waals surface area (Å²) in [6.07, 6.45) is 0.674. The van der Waals surface area contributed by atoms with E-state index in [0.29, 0.717) is 22.9 Å². The highest BCUT2D eigenvalue weighted by molar-refractivity contribution is 7.99. The van der Waals surface area contributed by atoms with Crippen LogP contribution in [0.15, 0.2) is 70.5 Å². The molecule has 0 bridgehead atoms. The van der Waals surface area contributed by atoms with Crippen LogP contribution in [0.5, 0.6) is 0 Å². The van der Waals surface area contributed by atoms with Gasteiger partial charge in [0.05, 0.1) is 12.7 Å². The van der Waals surface area contributed by atoms with E-state index in [1.807, 2.05) is 60.7 Å². The molecule has 0 fully saturated rings. The Morgan fingerprint density at radius 1 is 1.07 bits per heavy atom. The Kier molecular flexibility index (Phi) is 7.06. The molecule has 0 amide bonds. The van der Waals surface area contributed by atoms with Gasteiger partial charge in [-0.15, -0.1) is 11.6 Å². The van der Waals surface area contributed by atoms with Gasteiger partial charge >= 0.3 is 5.97 Å². The van der Waals surface area contributed by atoms with E-state index >= 15 is 0 Å². The number of aryl methyl sites for hydroxylation is 1. The van der Waals surface area contributed by atoms with Crippen molar-refractivity contribution in [3.05, 3.63) is 82.4 Å². The maximum Gasteiger partial charge on any atom is 0.339 e. The molecule has 0 aromatic heterocycles. The molecule has 0 saturated carbocycles. The van der Waals surface area contributed by atoms with Crippen LogP contribution in [0.4, 0.5) is 0 Å². The predicted octanol–water partition coefficient (Wildman–Crippen LogP) is 7.03. The molecule has 0 N–H and O–H groups in total. The molecule has 0 saturated heterocycles. The average molecular weight is 431 g/mol. The number of carbonyl (C=O) groups is 1. The van der Waals surface area contributed by atoms with Crippen molar-refractivity contribution in [1.82, 2.24) is 0 Å². The van der Waals surface area contributed by atoms with Crippen molar-refractivity contribution in [2.24, 2.45) is 0 Å². The fourth-order valence-electron chi connectivity index (χ4n) is 3.18. The first-order chi connectivity index (χ1) is 13.5. The van der Waals surface area contributed by atoms with Crippen LogP contribution in [0.1, 0.15) is 21.5 Å². The Bertz CT molecular complexity index is 970. The molecule has 0 aliphatic rings. The predicted molar refractivity (Wildman–Crippen MR) is 118 cm³/mol. The zero-order valence-corrected chi connectivity index (χ0v) is 18.0. The van der Waals surface area contributed by atoms with Gasteiger partial charge in [-0.3, -0.25) is 0 Å². The van der Waals surface area contributed by atoms with Gasteiger partial charge in [0, 0.05) is 26.3 Å². The van der Waals surface area contributed by atoms with E-state index in [4.69, 9.17) is 27.9 Å². The summed E-state index contributed by atoms with van der Waals surface area (Å²) in [4.78, 5) is 14.7. The molecule has 0 radical (unpaired) electrons. The highest BCUT2D eigenvalue weighted by Crippen LogP contribution is 2.40. The largest absolute Gasteiger partial charge is 0.465 e. The highest BCUT2D eigenvalue weighted by atomic mass is 35.5. The zero-order chi connectivity index (χ0) is 20.1. The number of esters is 1. The molecular formula is C23H20Cl2O2S. The van der Waals surface area contributed by atoms with E-state index in [9.17, 15) is 4.79 Å². The van der Waals surface area contributed by atoms with Crippen LogP contribution in [0.25, 0.3) is 11.1 Å².